The van der Waals surface area contributed by atoms with Crippen LogP contribution in [0.2, 0.25) is 0 Å². The standard InChI is InChI=1S/C23H24FN3O3/c1-16(23(29)30-3)14-26(15-18-9-5-4-6-10-18)22(28)19-13-25-27(17(19)2)21-12-8-7-11-20(21)24/h4-13,16H,14-15H2,1-3H3. The number of rotatable bonds is 7. The highest BCUT2D eigenvalue weighted by atomic mass is 19.1. The van der Waals surface area contributed by atoms with E-state index < -0.39 is 11.7 Å². The molecule has 0 aliphatic carbocycles. The van der Waals surface area contributed by atoms with E-state index in [4.69, 9.17) is 4.74 Å². The van der Waals surface area contributed by atoms with Crippen molar-refractivity contribution >= 4 is 11.9 Å². The van der Waals surface area contributed by atoms with Crippen LogP contribution in [0.1, 0.15) is 28.5 Å². The fourth-order valence-corrected chi connectivity index (χ4v) is 3.29. The average Bonchev–Trinajstić information content (AvgIpc) is 3.14. The molecule has 2 aromatic carbocycles. The van der Waals surface area contributed by atoms with E-state index in [2.05, 4.69) is 5.10 Å². The van der Waals surface area contributed by atoms with Crippen molar-refractivity contribution in [1.82, 2.24) is 14.7 Å². The van der Waals surface area contributed by atoms with Crippen molar-refractivity contribution in [1.29, 1.82) is 0 Å². The summed E-state index contributed by atoms with van der Waals surface area (Å²) in [5, 5.41) is 4.23. The van der Waals surface area contributed by atoms with Crippen molar-refractivity contribution < 1.29 is 18.7 Å². The summed E-state index contributed by atoms with van der Waals surface area (Å²) in [6, 6.07) is 15.8. The van der Waals surface area contributed by atoms with E-state index in [1.54, 1.807) is 36.9 Å². The maximum Gasteiger partial charge on any atom is 0.310 e. The zero-order valence-corrected chi connectivity index (χ0v) is 17.2. The van der Waals surface area contributed by atoms with Crippen LogP contribution in [0.5, 0.6) is 0 Å². The molecule has 0 aliphatic rings. The van der Waals surface area contributed by atoms with E-state index in [9.17, 15) is 14.0 Å². The van der Waals surface area contributed by atoms with Crippen LogP contribution in [0.3, 0.4) is 0 Å². The third kappa shape index (κ3) is 4.56. The van der Waals surface area contributed by atoms with E-state index in [1.165, 1.54) is 24.1 Å². The molecule has 7 heteroatoms. The Morgan fingerprint density at radius 2 is 1.80 bits per heavy atom. The van der Waals surface area contributed by atoms with Crippen LogP contribution in [0.4, 0.5) is 4.39 Å². The first-order valence-corrected chi connectivity index (χ1v) is 9.63. The predicted octanol–water partition coefficient (Wildman–Crippen LogP) is 3.77. The van der Waals surface area contributed by atoms with Gasteiger partial charge in [-0.1, -0.05) is 49.4 Å². The second-order valence-corrected chi connectivity index (χ2v) is 7.10. The second kappa shape index (κ2) is 9.35. The van der Waals surface area contributed by atoms with Crippen LogP contribution in [-0.2, 0) is 16.1 Å². The van der Waals surface area contributed by atoms with Gasteiger partial charge in [-0.2, -0.15) is 5.10 Å². The molecule has 0 N–H and O–H groups in total. The number of ether oxygens (including phenoxy) is 1. The maximum atomic E-state index is 14.2. The van der Waals surface area contributed by atoms with Gasteiger partial charge in [0.05, 0.1) is 30.5 Å². The van der Waals surface area contributed by atoms with Crippen molar-refractivity contribution in [3.63, 3.8) is 0 Å². The molecule has 3 aromatic rings. The zero-order chi connectivity index (χ0) is 21.7. The van der Waals surface area contributed by atoms with Crippen LogP contribution in [0.15, 0.2) is 60.8 Å². The van der Waals surface area contributed by atoms with Crippen LogP contribution in [0.25, 0.3) is 5.69 Å². The quantitative estimate of drug-likeness (QED) is 0.557. The Hall–Kier alpha value is -3.48. The Morgan fingerprint density at radius 3 is 2.47 bits per heavy atom. The number of amides is 1. The third-order valence-electron chi connectivity index (χ3n) is 4.92. The van der Waals surface area contributed by atoms with Crippen molar-refractivity contribution in [3.8, 4) is 5.69 Å². The number of nitrogens with zero attached hydrogens (tertiary/aromatic N) is 3. The predicted molar refractivity (Wildman–Crippen MR) is 111 cm³/mol. The smallest absolute Gasteiger partial charge is 0.310 e. The first-order chi connectivity index (χ1) is 14.4. The molecule has 0 saturated heterocycles. The summed E-state index contributed by atoms with van der Waals surface area (Å²) >= 11 is 0. The molecular weight excluding hydrogens is 385 g/mol. The molecule has 30 heavy (non-hydrogen) atoms. The highest BCUT2D eigenvalue weighted by molar-refractivity contribution is 5.95. The summed E-state index contributed by atoms with van der Waals surface area (Å²) in [7, 11) is 1.32. The molecule has 1 aromatic heterocycles. The lowest BCUT2D eigenvalue weighted by Crippen LogP contribution is -2.37. The number of benzene rings is 2. The summed E-state index contributed by atoms with van der Waals surface area (Å²) in [4.78, 5) is 26.9. The molecule has 0 fully saturated rings. The highest BCUT2D eigenvalue weighted by Crippen LogP contribution is 2.20. The van der Waals surface area contributed by atoms with Crippen molar-refractivity contribution in [2.75, 3.05) is 13.7 Å². The summed E-state index contributed by atoms with van der Waals surface area (Å²) in [6.45, 7) is 3.94. The fourth-order valence-electron chi connectivity index (χ4n) is 3.29. The second-order valence-electron chi connectivity index (χ2n) is 7.10. The van der Waals surface area contributed by atoms with E-state index in [0.29, 0.717) is 17.8 Å². The van der Waals surface area contributed by atoms with E-state index in [1.807, 2.05) is 30.3 Å². The molecule has 1 heterocycles. The van der Waals surface area contributed by atoms with Gasteiger partial charge in [-0.3, -0.25) is 9.59 Å². The topological polar surface area (TPSA) is 64.4 Å². The maximum absolute atomic E-state index is 14.2. The molecule has 1 amide bonds. The van der Waals surface area contributed by atoms with Gasteiger partial charge < -0.3 is 9.64 Å². The molecule has 0 bridgehead atoms. The number of halogens is 1. The Morgan fingerprint density at radius 1 is 1.13 bits per heavy atom. The van der Waals surface area contributed by atoms with Gasteiger partial charge in [0.1, 0.15) is 11.5 Å². The number of carbonyl (C=O) groups is 2. The molecule has 1 atom stereocenters. The minimum atomic E-state index is -0.496. The third-order valence-corrected chi connectivity index (χ3v) is 4.92. The van der Waals surface area contributed by atoms with Gasteiger partial charge in [0.15, 0.2) is 0 Å². The summed E-state index contributed by atoms with van der Waals surface area (Å²) in [6.07, 6.45) is 1.44. The van der Waals surface area contributed by atoms with Crippen LogP contribution >= 0.6 is 0 Å². The lowest BCUT2D eigenvalue weighted by atomic mass is 10.1. The van der Waals surface area contributed by atoms with Gasteiger partial charge in [-0.15, -0.1) is 0 Å². The van der Waals surface area contributed by atoms with E-state index in [0.717, 1.165) is 5.56 Å². The molecule has 0 spiro atoms. The zero-order valence-electron chi connectivity index (χ0n) is 17.2. The van der Waals surface area contributed by atoms with Gasteiger partial charge in [0.25, 0.3) is 5.91 Å². The van der Waals surface area contributed by atoms with Crippen LogP contribution in [-0.4, -0.2) is 40.2 Å². The number of para-hydroxylation sites is 1. The number of hydrogen-bond donors (Lipinski definition) is 0. The van der Waals surface area contributed by atoms with Gasteiger partial charge in [0.2, 0.25) is 0 Å². The summed E-state index contributed by atoms with van der Waals surface area (Å²) in [5.41, 5.74) is 2.08. The molecule has 0 radical (unpaired) electrons. The Labute approximate surface area is 174 Å². The first-order valence-electron chi connectivity index (χ1n) is 9.63. The fraction of sp³-hybridized carbons (Fsp3) is 0.261. The van der Waals surface area contributed by atoms with Crippen molar-refractivity contribution in [2.24, 2.45) is 5.92 Å². The lowest BCUT2D eigenvalue weighted by molar-refractivity contribution is -0.145. The average molecular weight is 409 g/mol. The van der Waals surface area contributed by atoms with Crippen LogP contribution in [0, 0.1) is 18.7 Å². The van der Waals surface area contributed by atoms with E-state index in [-0.39, 0.29) is 24.1 Å². The van der Waals surface area contributed by atoms with Gasteiger partial charge >= 0.3 is 5.97 Å². The molecular formula is C23H24FN3O3. The van der Waals surface area contributed by atoms with Crippen molar-refractivity contribution in [2.45, 2.75) is 20.4 Å². The van der Waals surface area contributed by atoms with Gasteiger partial charge in [-0.05, 0) is 24.6 Å². The molecule has 156 valence electrons. The number of hydrogen-bond acceptors (Lipinski definition) is 4. The SMILES string of the molecule is COC(=O)C(C)CN(Cc1ccccc1)C(=O)c1cnn(-c2ccccc2F)c1C. The summed E-state index contributed by atoms with van der Waals surface area (Å²) in [5.74, 6) is -1.60. The first kappa shape index (κ1) is 21.2. The monoisotopic (exact) mass is 409 g/mol. The van der Waals surface area contributed by atoms with Gasteiger partial charge in [0, 0.05) is 13.1 Å². The number of carbonyl (C=O) groups excluding carboxylic acids is 2. The molecule has 0 saturated carbocycles. The largest absolute Gasteiger partial charge is 0.469 e. The molecule has 1 unspecified atom stereocenters. The minimum absolute atomic E-state index is 0.185. The van der Waals surface area contributed by atoms with E-state index >= 15 is 0 Å². The van der Waals surface area contributed by atoms with Crippen molar-refractivity contribution in [3.05, 3.63) is 83.4 Å². The normalized spacial score (nSPS) is 11.7. The molecule has 3 rings (SSSR count). The number of esters is 1. The molecule has 6 nitrogen and oxygen atoms in total. The van der Waals surface area contributed by atoms with Crippen LogP contribution < -0.4 is 0 Å². The number of aromatic nitrogens is 2. The lowest BCUT2D eigenvalue weighted by Gasteiger charge is -2.25. The highest BCUT2D eigenvalue weighted by Gasteiger charge is 2.26. The Kier molecular flexibility index (Phi) is 6.61. The minimum Gasteiger partial charge on any atom is -0.469 e. The molecule has 0 aliphatic heterocycles. The van der Waals surface area contributed by atoms with Gasteiger partial charge in [-0.25, -0.2) is 9.07 Å². The Bertz CT molecular complexity index is 1030. The Balaban J connectivity index is 1.92. The number of methoxy groups -OCH3 is 1. The summed E-state index contributed by atoms with van der Waals surface area (Å²) < 4.78 is 20.4.